The highest BCUT2D eigenvalue weighted by Crippen LogP contribution is 2.40. The Morgan fingerprint density at radius 2 is 1.72 bits per heavy atom. The lowest BCUT2D eigenvalue weighted by Crippen LogP contribution is -2.12. The maximum Gasteiger partial charge on any atom is 0.266 e. The maximum absolute atomic E-state index is 13.2. The summed E-state index contributed by atoms with van der Waals surface area (Å²) in [5.74, 6) is 1.33. The molecule has 0 bridgehead atoms. The highest BCUT2D eigenvalue weighted by atomic mass is 32.1. The van der Waals surface area contributed by atoms with Gasteiger partial charge in [0.1, 0.15) is 10.7 Å². The van der Waals surface area contributed by atoms with Crippen LogP contribution in [0, 0.1) is 13.8 Å². The van der Waals surface area contributed by atoms with Crippen molar-refractivity contribution in [2.24, 2.45) is 0 Å². The van der Waals surface area contributed by atoms with E-state index in [4.69, 9.17) is 9.97 Å². The first-order chi connectivity index (χ1) is 14.1. The molecule has 0 unspecified atom stereocenters. The number of fused-ring (bicyclic) bond motifs is 1. The Hall–Kier alpha value is -3.05. The summed E-state index contributed by atoms with van der Waals surface area (Å²) >= 11 is 1.46. The monoisotopic (exact) mass is 399 g/mol. The number of aromatic nitrogens is 2. The number of anilines is 1. The van der Waals surface area contributed by atoms with E-state index < -0.39 is 0 Å². The fourth-order valence-electron chi connectivity index (χ4n) is 3.74. The molecule has 4 nitrogen and oxygen atoms in total. The molecule has 1 aliphatic rings. The van der Waals surface area contributed by atoms with Crippen LogP contribution in [0.25, 0.3) is 21.3 Å². The quantitative estimate of drug-likeness (QED) is 0.451. The minimum absolute atomic E-state index is 0.0961. The van der Waals surface area contributed by atoms with Crippen molar-refractivity contribution in [1.29, 1.82) is 0 Å². The molecule has 1 saturated carbocycles. The second-order valence-electron chi connectivity index (χ2n) is 7.54. The molecule has 1 amide bonds. The minimum Gasteiger partial charge on any atom is -0.321 e. The molecule has 0 spiro atoms. The molecule has 0 aliphatic heterocycles. The third-order valence-corrected chi connectivity index (χ3v) is 6.58. The normalized spacial score (nSPS) is 13.6. The second kappa shape index (κ2) is 7.08. The van der Waals surface area contributed by atoms with E-state index in [0.717, 1.165) is 44.1 Å². The smallest absolute Gasteiger partial charge is 0.266 e. The zero-order chi connectivity index (χ0) is 20.0. The van der Waals surface area contributed by atoms with Gasteiger partial charge in [-0.1, -0.05) is 48.5 Å². The molecule has 2 heterocycles. The zero-order valence-corrected chi connectivity index (χ0v) is 17.2. The molecule has 1 aliphatic carbocycles. The number of benzene rings is 2. The number of amides is 1. The molecule has 0 radical (unpaired) electrons. The van der Waals surface area contributed by atoms with Crippen LogP contribution in [0.2, 0.25) is 0 Å². The van der Waals surface area contributed by atoms with Crippen LogP contribution < -0.4 is 5.32 Å². The van der Waals surface area contributed by atoms with Gasteiger partial charge in [0, 0.05) is 22.6 Å². The van der Waals surface area contributed by atoms with E-state index in [1.165, 1.54) is 24.2 Å². The lowest BCUT2D eigenvalue weighted by molar-refractivity contribution is 0.103. The lowest BCUT2D eigenvalue weighted by Gasteiger charge is -2.11. The summed E-state index contributed by atoms with van der Waals surface area (Å²) in [6.45, 7) is 4.01. The Bertz CT molecular complexity index is 1230. The summed E-state index contributed by atoms with van der Waals surface area (Å²) in [7, 11) is 0. The molecule has 144 valence electrons. The van der Waals surface area contributed by atoms with E-state index >= 15 is 0 Å². The van der Waals surface area contributed by atoms with Crippen molar-refractivity contribution in [2.75, 3.05) is 5.32 Å². The number of carbonyl (C=O) groups excluding carboxylic acids is 1. The van der Waals surface area contributed by atoms with Gasteiger partial charge in [0.2, 0.25) is 0 Å². The predicted octanol–water partition coefficient (Wildman–Crippen LogP) is 6.10. The summed E-state index contributed by atoms with van der Waals surface area (Å²) in [4.78, 5) is 24.3. The Morgan fingerprint density at radius 3 is 2.48 bits per heavy atom. The average Bonchev–Trinajstić information content (AvgIpc) is 3.52. The predicted molar refractivity (Wildman–Crippen MR) is 119 cm³/mol. The molecular weight excluding hydrogens is 378 g/mol. The van der Waals surface area contributed by atoms with E-state index in [0.29, 0.717) is 10.8 Å². The summed E-state index contributed by atoms with van der Waals surface area (Å²) in [6, 6.07) is 18.0. The van der Waals surface area contributed by atoms with Crippen molar-refractivity contribution in [2.45, 2.75) is 32.6 Å². The largest absolute Gasteiger partial charge is 0.321 e. The van der Waals surface area contributed by atoms with Crippen LogP contribution in [0.15, 0.2) is 54.6 Å². The maximum atomic E-state index is 13.2. The van der Waals surface area contributed by atoms with Gasteiger partial charge in [-0.2, -0.15) is 0 Å². The third kappa shape index (κ3) is 3.32. The molecular formula is C24H21N3OS. The number of hydrogen-bond acceptors (Lipinski definition) is 4. The number of nitrogens with zero attached hydrogens (tertiary/aromatic N) is 2. The number of carbonyl (C=O) groups is 1. The second-order valence-corrected chi connectivity index (χ2v) is 8.54. The third-order valence-electron chi connectivity index (χ3n) is 5.40. The van der Waals surface area contributed by atoms with E-state index in [-0.39, 0.29) is 5.91 Å². The van der Waals surface area contributed by atoms with Crippen molar-refractivity contribution in [3.8, 4) is 11.1 Å². The standard InChI is InChI=1S/C24H21N3OS/c1-14-20-15(2)25-22(17-12-13-17)27-24(20)29-21(14)23(28)26-19-11-7-6-10-18(19)16-8-4-3-5-9-16/h3-11,17H,12-13H2,1-2H3,(H,26,28). The first-order valence-corrected chi connectivity index (χ1v) is 10.7. The number of para-hydroxylation sites is 1. The van der Waals surface area contributed by atoms with Gasteiger partial charge in [-0.3, -0.25) is 4.79 Å². The van der Waals surface area contributed by atoms with E-state index in [1.807, 2.05) is 68.4 Å². The van der Waals surface area contributed by atoms with Crippen molar-refractivity contribution >= 4 is 33.1 Å². The Labute approximate surface area is 173 Å². The van der Waals surface area contributed by atoms with E-state index in [2.05, 4.69) is 5.32 Å². The Kier molecular flexibility index (Phi) is 4.40. The van der Waals surface area contributed by atoms with Crippen LogP contribution in [0.1, 0.15) is 45.5 Å². The molecule has 2 aromatic heterocycles. The van der Waals surface area contributed by atoms with Gasteiger partial charge in [0.05, 0.1) is 10.6 Å². The molecule has 4 aromatic rings. The molecule has 29 heavy (non-hydrogen) atoms. The Balaban J connectivity index is 1.52. The first-order valence-electron chi connectivity index (χ1n) is 9.85. The molecule has 2 aromatic carbocycles. The lowest BCUT2D eigenvalue weighted by atomic mass is 10.0. The van der Waals surface area contributed by atoms with E-state index in [1.54, 1.807) is 0 Å². The topological polar surface area (TPSA) is 54.9 Å². The summed E-state index contributed by atoms with van der Waals surface area (Å²) in [5.41, 5.74) is 4.82. The molecule has 0 atom stereocenters. The summed E-state index contributed by atoms with van der Waals surface area (Å²) < 4.78 is 0. The van der Waals surface area contributed by atoms with Gasteiger partial charge in [-0.15, -0.1) is 11.3 Å². The van der Waals surface area contributed by atoms with Gasteiger partial charge in [0.15, 0.2) is 0 Å². The number of aryl methyl sites for hydroxylation is 2. The minimum atomic E-state index is -0.0961. The molecule has 1 N–H and O–H groups in total. The van der Waals surface area contributed by atoms with Crippen LogP contribution in [-0.4, -0.2) is 15.9 Å². The van der Waals surface area contributed by atoms with E-state index in [9.17, 15) is 4.79 Å². The van der Waals surface area contributed by atoms with Crippen LogP contribution in [0.3, 0.4) is 0 Å². The van der Waals surface area contributed by atoms with Crippen molar-refractivity contribution < 1.29 is 4.79 Å². The summed E-state index contributed by atoms with van der Waals surface area (Å²) in [6.07, 6.45) is 2.33. The molecule has 5 rings (SSSR count). The van der Waals surface area contributed by atoms with Gasteiger partial charge >= 0.3 is 0 Å². The average molecular weight is 400 g/mol. The number of thiophene rings is 1. The van der Waals surface area contributed by atoms with Crippen LogP contribution in [0.5, 0.6) is 0 Å². The van der Waals surface area contributed by atoms with Crippen molar-refractivity contribution in [1.82, 2.24) is 9.97 Å². The van der Waals surface area contributed by atoms with Crippen molar-refractivity contribution in [3.05, 3.63) is 76.6 Å². The SMILES string of the molecule is Cc1nc(C2CC2)nc2sc(C(=O)Nc3ccccc3-c3ccccc3)c(C)c12. The van der Waals surface area contributed by atoms with Crippen LogP contribution in [-0.2, 0) is 0 Å². The van der Waals surface area contributed by atoms with Crippen LogP contribution in [0.4, 0.5) is 5.69 Å². The summed E-state index contributed by atoms with van der Waals surface area (Å²) in [5, 5.41) is 4.13. The molecule has 0 saturated heterocycles. The van der Waals surface area contributed by atoms with Gasteiger partial charge in [-0.25, -0.2) is 9.97 Å². The van der Waals surface area contributed by atoms with Crippen LogP contribution >= 0.6 is 11.3 Å². The fourth-order valence-corrected chi connectivity index (χ4v) is 4.88. The Morgan fingerprint density at radius 1 is 1.00 bits per heavy atom. The molecule has 1 fully saturated rings. The van der Waals surface area contributed by atoms with Gasteiger partial charge in [0.25, 0.3) is 5.91 Å². The first kappa shape index (κ1) is 18.0. The van der Waals surface area contributed by atoms with Gasteiger partial charge < -0.3 is 5.32 Å². The highest BCUT2D eigenvalue weighted by molar-refractivity contribution is 7.20. The molecule has 5 heteroatoms. The fraction of sp³-hybridized carbons (Fsp3) is 0.208. The van der Waals surface area contributed by atoms with Crippen molar-refractivity contribution in [3.63, 3.8) is 0 Å². The number of hydrogen-bond donors (Lipinski definition) is 1. The number of rotatable bonds is 4. The van der Waals surface area contributed by atoms with Gasteiger partial charge in [-0.05, 0) is 43.9 Å². The zero-order valence-electron chi connectivity index (χ0n) is 16.4. The highest BCUT2D eigenvalue weighted by Gasteiger charge is 2.28. The number of nitrogens with one attached hydrogen (secondary N) is 1.